The molecule has 6 nitrogen and oxygen atoms in total. The van der Waals surface area contributed by atoms with Gasteiger partial charge in [0, 0.05) is 27.7 Å². The first-order valence-electron chi connectivity index (χ1n) is 9.41. The van der Waals surface area contributed by atoms with Crippen LogP contribution in [0.4, 0.5) is 0 Å². The van der Waals surface area contributed by atoms with Crippen molar-refractivity contribution in [3.63, 3.8) is 0 Å². The molecule has 148 valence electrons. The van der Waals surface area contributed by atoms with E-state index in [9.17, 15) is 4.79 Å². The third-order valence-electron chi connectivity index (χ3n) is 4.61. The molecule has 0 amide bonds. The van der Waals surface area contributed by atoms with Crippen molar-refractivity contribution >= 4 is 28.4 Å². The van der Waals surface area contributed by atoms with Gasteiger partial charge in [0.1, 0.15) is 5.75 Å². The lowest BCUT2D eigenvalue weighted by Crippen LogP contribution is -2.14. The summed E-state index contributed by atoms with van der Waals surface area (Å²) in [6.45, 7) is 6.33. The molecule has 1 atom stereocenters. The number of nitrogens with one attached hydrogen (secondary N) is 1. The summed E-state index contributed by atoms with van der Waals surface area (Å²) in [6.07, 6.45) is 0. The molecular weight excluding hydrogens is 386 g/mol. The van der Waals surface area contributed by atoms with Gasteiger partial charge in [0.05, 0.1) is 11.9 Å². The number of benzene rings is 2. The Hall–Kier alpha value is -3.06. The maximum Gasteiger partial charge on any atom is 0.277 e. The van der Waals surface area contributed by atoms with E-state index >= 15 is 0 Å². The Morgan fingerprint density at radius 2 is 1.93 bits per heavy atom. The molecular formula is C22H21N3O3S. The number of H-pyrrole nitrogens is 1. The summed E-state index contributed by atoms with van der Waals surface area (Å²) in [5, 5.41) is 9.15. The molecule has 2 aromatic heterocycles. The lowest BCUT2D eigenvalue weighted by Gasteiger charge is -2.07. The van der Waals surface area contributed by atoms with Crippen LogP contribution in [0.5, 0.6) is 5.75 Å². The van der Waals surface area contributed by atoms with Crippen LogP contribution >= 0.6 is 11.8 Å². The Bertz CT molecular complexity index is 1150. The van der Waals surface area contributed by atoms with Gasteiger partial charge in [0.2, 0.25) is 5.89 Å². The fourth-order valence-corrected chi connectivity index (χ4v) is 3.98. The van der Waals surface area contributed by atoms with E-state index in [0.29, 0.717) is 23.3 Å². The highest BCUT2D eigenvalue weighted by molar-refractivity contribution is 8.00. The summed E-state index contributed by atoms with van der Waals surface area (Å²) < 4.78 is 11.2. The van der Waals surface area contributed by atoms with Gasteiger partial charge in [-0.2, -0.15) is 0 Å². The molecule has 7 heteroatoms. The second-order valence-electron chi connectivity index (χ2n) is 6.63. The van der Waals surface area contributed by atoms with Crippen LogP contribution in [0.1, 0.15) is 29.9 Å². The smallest absolute Gasteiger partial charge is 0.277 e. The molecule has 0 bridgehead atoms. The topological polar surface area (TPSA) is 81.0 Å². The number of thioether (sulfide) groups is 1. The van der Waals surface area contributed by atoms with Gasteiger partial charge in [-0.1, -0.05) is 30.0 Å². The molecule has 0 radical (unpaired) electrons. The van der Waals surface area contributed by atoms with Crippen LogP contribution in [-0.2, 0) is 0 Å². The number of aromatic nitrogens is 3. The number of carbonyl (C=O) groups is 1. The number of ketones is 1. The van der Waals surface area contributed by atoms with Crippen molar-refractivity contribution in [2.24, 2.45) is 0 Å². The molecule has 1 unspecified atom stereocenters. The van der Waals surface area contributed by atoms with E-state index < -0.39 is 0 Å². The molecule has 29 heavy (non-hydrogen) atoms. The van der Waals surface area contributed by atoms with Crippen LogP contribution in [0, 0.1) is 6.92 Å². The third-order valence-corrected chi connectivity index (χ3v) is 5.54. The van der Waals surface area contributed by atoms with E-state index in [2.05, 4.69) is 15.2 Å². The average Bonchev–Trinajstić information content (AvgIpc) is 3.31. The lowest BCUT2D eigenvalue weighted by atomic mass is 10.1. The van der Waals surface area contributed by atoms with E-state index in [1.165, 1.54) is 11.8 Å². The summed E-state index contributed by atoms with van der Waals surface area (Å²) >= 11 is 1.27. The van der Waals surface area contributed by atoms with Gasteiger partial charge in [-0.05, 0) is 51.1 Å². The Morgan fingerprint density at radius 1 is 1.17 bits per heavy atom. The molecule has 0 aliphatic heterocycles. The Kier molecular flexibility index (Phi) is 5.40. The van der Waals surface area contributed by atoms with Gasteiger partial charge < -0.3 is 14.1 Å². The molecule has 0 saturated heterocycles. The van der Waals surface area contributed by atoms with Crippen LogP contribution in [0.15, 0.2) is 58.2 Å². The van der Waals surface area contributed by atoms with Gasteiger partial charge in [0.25, 0.3) is 5.22 Å². The van der Waals surface area contributed by atoms with Crippen molar-refractivity contribution in [2.75, 3.05) is 6.61 Å². The predicted octanol–water partition coefficient (Wildman–Crippen LogP) is 5.29. The first-order valence-corrected chi connectivity index (χ1v) is 10.3. The number of Topliss-reactive ketones (excluding diaryl/α,β-unsaturated/α-hetero) is 1. The van der Waals surface area contributed by atoms with Crippen molar-refractivity contribution < 1.29 is 13.9 Å². The molecule has 2 aromatic carbocycles. The highest BCUT2D eigenvalue weighted by Crippen LogP contribution is 2.31. The van der Waals surface area contributed by atoms with Crippen molar-refractivity contribution in [2.45, 2.75) is 31.2 Å². The monoisotopic (exact) mass is 407 g/mol. The van der Waals surface area contributed by atoms with Crippen molar-refractivity contribution in [1.82, 2.24) is 15.2 Å². The van der Waals surface area contributed by atoms with E-state index in [1.54, 1.807) is 0 Å². The van der Waals surface area contributed by atoms with E-state index in [-0.39, 0.29) is 11.0 Å². The van der Waals surface area contributed by atoms with Gasteiger partial charge in [0.15, 0.2) is 5.78 Å². The van der Waals surface area contributed by atoms with Gasteiger partial charge >= 0.3 is 0 Å². The van der Waals surface area contributed by atoms with Crippen LogP contribution in [0.3, 0.4) is 0 Å². The molecule has 0 aliphatic carbocycles. The zero-order valence-electron chi connectivity index (χ0n) is 16.4. The maximum absolute atomic E-state index is 13.1. The predicted molar refractivity (Wildman–Crippen MR) is 114 cm³/mol. The highest BCUT2D eigenvalue weighted by Gasteiger charge is 2.24. The number of hydrogen-bond donors (Lipinski definition) is 1. The summed E-state index contributed by atoms with van der Waals surface area (Å²) in [4.78, 5) is 16.4. The quantitative estimate of drug-likeness (QED) is 0.331. The second-order valence-corrected chi connectivity index (χ2v) is 7.92. The van der Waals surface area contributed by atoms with Gasteiger partial charge in [-0.25, -0.2) is 0 Å². The van der Waals surface area contributed by atoms with E-state index in [1.807, 2.05) is 69.3 Å². The lowest BCUT2D eigenvalue weighted by molar-refractivity contribution is 0.0994. The van der Waals surface area contributed by atoms with Crippen LogP contribution in [0.25, 0.3) is 22.4 Å². The molecule has 4 rings (SSSR count). The number of carbonyl (C=O) groups excluding carboxylic acids is 1. The van der Waals surface area contributed by atoms with Gasteiger partial charge in [-0.15, -0.1) is 10.2 Å². The Balaban J connectivity index is 1.51. The first kappa shape index (κ1) is 19.3. The highest BCUT2D eigenvalue weighted by atomic mass is 32.2. The molecule has 0 spiro atoms. The molecule has 1 N–H and O–H groups in total. The molecule has 4 aromatic rings. The van der Waals surface area contributed by atoms with Crippen LogP contribution < -0.4 is 4.74 Å². The SMILES string of the molecule is CCOc1ccc(-c2nnc(SC(C)C(=O)c3c(C)[nH]c4ccccc34)o2)cc1. The van der Waals surface area contributed by atoms with E-state index in [4.69, 9.17) is 9.15 Å². The Labute approximate surface area is 172 Å². The summed E-state index contributed by atoms with van der Waals surface area (Å²) in [7, 11) is 0. The molecule has 0 aliphatic rings. The normalized spacial score (nSPS) is 12.2. The van der Waals surface area contributed by atoms with Crippen molar-refractivity contribution in [3.05, 3.63) is 59.8 Å². The zero-order chi connectivity index (χ0) is 20.4. The number of aromatic amines is 1. The third kappa shape index (κ3) is 3.91. The Morgan fingerprint density at radius 3 is 2.69 bits per heavy atom. The largest absolute Gasteiger partial charge is 0.494 e. The standard InChI is InChI=1S/C22H21N3O3S/c1-4-27-16-11-9-15(10-12-16)21-24-25-22(28-21)29-14(3)20(26)19-13(2)23-18-8-6-5-7-17(18)19/h5-12,14,23H,4H2,1-3H3. The van der Waals surface area contributed by atoms with Crippen LogP contribution in [0.2, 0.25) is 0 Å². The maximum atomic E-state index is 13.1. The molecule has 2 heterocycles. The fraction of sp³-hybridized carbons (Fsp3) is 0.227. The average molecular weight is 407 g/mol. The minimum atomic E-state index is -0.360. The van der Waals surface area contributed by atoms with Crippen molar-refractivity contribution in [3.8, 4) is 17.2 Å². The van der Waals surface area contributed by atoms with Gasteiger partial charge in [-0.3, -0.25) is 4.79 Å². The molecule has 0 fully saturated rings. The number of aryl methyl sites for hydroxylation is 1. The number of hydrogen-bond acceptors (Lipinski definition) is 6. The first-order chi connectivity index (χ1) is 14.1. The minimum absolute atomic E-state index is 0.0331. The van der Waals surface area contributed by atoms with Crippen LogP contribution in [-0.4, -0.2) is 32.8 Å². The second kappa shape index (κ2) is 8.13. The summed E-state index contributed by atoms with van der Waals surface area (Å²) in [5.74, 6) is 1.24. The number of ether oxygens (including phenoxy) is 1. The number of rotatable bonds is 7. The summed E-state index contributed by atoms with van der Waals surface area (Å²) in [5.41, 5.74) is 3.34. The van der Waals surface area contributed by atoms with E-state index in [0.717, 1.165) is 27.9 Å². The zero-order valence-corrected chi connectivity index (χ0v) is 17.2. The number of fused-ring (bicyclic) bond motifs is 1. The minimum Gasteiger partial charge on any atom is -0.494 e. The molecule has 0 saturated carbocycles. The summed E-state index contributed by atoms with van der Waals surface area (Å²) in [6, 6.07) is 15.3. The van der Waals surface area contributed by atoms with Crippen molar-refractivity contribution in [1.29, 1.82) is 0 Å². The number of nitrogens with zero attached hydrogens (tertiary/aromatic N) is 2. The fourth-order valence-electron chi connectivity index (χ4n) is 3.24. The number of para-hydroxylation sites is 1.